The van der Waals surface area contributed by atoms with Crippen LogP contribution in [0.5, 0.6) is 0 Å². The van der Waals surface area contributed by atoms with Crippen LogP contribution in [0.3, 0.4) is 0 Å². The molecule has 1 aromatic heterocycles. The number of hydrogen-bond acceptors (Lipinski definition) is 2. The second-order valence-electron chi connectivity index (χ2n) is 22.0. The number of aryl methyl sites for hydroxylation is 2. The lowest BCUT2D eigenvalue weighted by atomic mass is 9.89. The Hall–Kier alpha value is -0.360. The highest BCUT2D eigenvalue weighted by atomic mass is 79.9. The predicted molar refractivity (Wildman–Crippen MR) is 285 cm³/mol. The Bertz CT molecular complexity index is 1160. The summed E-state index contributed by atoms with van der Waals surface area (Å²) in [7, 11) is -1.09. The number of rotatable bonds is 51. The lowest BCUT2D eigenvalue weighted by molar-refractivity contribution is -0.671. The van der Waals surface area contributed by atoms with Gasteiger partial charge in [-0.05, 0) is 43.4 Å². The van der Waals surface area contributed by atoms with Crippen LogP contribution in [0.1, 0.15) is 317 Å². The first-order valence-electron chi connectivity index (χ1n) is 29.4. The topological polar surface area (TPSA) is 43.0 Å². The van der Waals surface area contributed by atoms with Gasteiger partial charge in [-0.1, -0.05) is 291 Å². The molecule has 0 aromatic carbocycles. The third-order valence-corrected chi connectivity index (χ3v) is 17.3. The van der Waals surface area contributed by atoms with Crippen molar-refractivity contribution in [2.45, 2.75) is 329 Å². The summed E-state index contributed by atoms with van der Waals surface area (Å²) < 4.78 is 32.0. The van der Waals surface area contributed by atoms with Crippen molar-refractivity contribution in [1.29, 1.82) is 0 Å². The molecule has 0 amide bonds. The normalized spacial score (nSPS) is 13.0. The van der Waals surface area contributed by atoms with Crippen LogP contribution in [0.4, 0.5) is 0 Å². The molecule has 4 nitrogen and oxygen atoms in total. The van der Waals surface area contributed by atoms with Crippen LogP contribution in [-0.2, 0) is 23.4 Å². The number of imidazole rings is 1. The van der Waals surface area contributed by atoms with Gasteiger partial charge in [-0.2, -0.15) is 0 Å². The van der Waals surface area contributed by atoms with Crippen LogP contribution in [-0.4, -0.2) is 24.0 Å². The van der Waals surface area contributed by atoms with Crippen LogP contribution in [0, 0.1) is 17.8 Å². The third kappa shape index (κ3) is 42.3. The molecule has 0 N–H and O–H groups in total. The Kier molecular flexibility index (Phi) is 47.1. The van der Waals surface area contributed by atoms with Crippen molar-refractivity contribution in [3.8, 4) is 0 Å². The smallest absolute Gasteiger partial charge is 0.243 e. The van der Waals surface area contributed by atoms with E-state index >= 15 is 0 Å². The van der Waals surface area contributed by atoms with Gasteiger partial charge in [-0.25, -0.2) is 17.6 Å². The summed E-state index contributed by atoms with van der Waals surface area (Å²) >= 11 is 0. The molecule has 0 aliphatic rings. The maximum Gasteiger partial charge on any atom is 0.243 e. The van der Waals surface area contributed by atoms with Crippen molar-refractivity contribution in [3.05, 3.63) is 18.7 Å². The van der Waals surface area contributed by atoms with E-state index in [4.69, 9.17) is 0 Å². The summed E-state index contributed by atoms with van der Waals surface area (Å²) in [5, 5.41) is -0.167. The molecular formula is C59H117BrN2O2S. The average molecular weight is 999 g/mol. The monoisotopic (exact) mass is 997 g/mol. The maximum atomic E-state index is 13.9. The van der Waals surface area contributed by atoms with Crippen LogP contribution in [0.2, 0.25) is 0 Å². The van der Waals surface area contributed by atoms with E-state index in [1.54, 1.807) is 0 Å². The molecule has 0 bridgehead atoms. The zero-order chi connectivity index (χ0) is 46.6. The molecule has 0 fully saturated rings. The number of halogens is 1. The molecular weight excluding hydrogens is 881 g/mol. The van der Waals surface area contributed by atoms with E-state index in [9.17, 15) is 8.42 Å². The van der Waals surface area contributed by atoms with Crippen molar-refractivity contribution in [1.82, 2.24) is 4.57 Å². The zero-order valence-electron chi connectivity index (χ0n) is 45.1. The molecule has 0 spiro atoms. The molecule has 1 heterocycles. The second kappa shape index (κ2) is 47.3. The van der Waals surface area contributed by atoms with Gasteiger partial charge in [0.25, 0.3) is 0 Å². The predicted octanol–water partition coefficient (Wildman–Crippen LogP) is 16.2. The third-order valence-electron chi connectivity index (χ3n) is 15.0. The van der Waals surface area contributed by atoms with Crippen molar-refractivity contribution >= 4 is 9.84 Å². The highest BCUT2D eigenvalue weighted by molar-refractivity contribution is 7.92. The van der Waals surface area contributed by atoms with Crippen molar-refractivity contribution in [3.63, 3.8) is 0 Å². The van der Waals surface area contributed by atoms with Gasteiger partial charge in [0.2, 0.25) is 6.33 Å². The SMILES string of the molecule is CCCCCCCCCCCCCCCCCCC(CCCCCCCCCCCCCCCCCC)CCCCC(CCC(C)CCCC(C)C)S(=O)(=O)CCCn1cc[n+](C)c1.[Br-]. The van der Waals surface area contributed by atoms with Gasteiger partial charge in [-0.3, -0.25) is 0 Å². The van der Waals surface area contributed by atoms with Crippen LogP contribution < -0.4 is 21.5 Å². The zero-order valence-corrected chi connectivity index (χ0v) is 47.5. The Morgan fingerprint density at radius 3 is 1.17 bits per heavy atom. The van der Waals surface area contributed by atoms with E-state index < -0.39 is 9.84 Å². The summed E-state index contributed by atoms with van der Waals surface area (Å²) in [5.74, 6) is 2.51. The summed E-state index contributed by atoms with van der Waals surface area (Å²) in [4.78, 5) is 0. The van der Waals surface area contributed by atoms with Crippen molar-refractivity contribution in [2.75, 3.05) is 5.75 Å². The minimum Gasteiger partial charge on any atom is -1.00 e. The van der Waals surface area contributed by atoms with E-state index in [2.05, 4.69) is 51.7 Å². The largest absolute Gasteiger partial charge is 1.00 e. The van der Waals surface area contributed by atoms with E-state index in [1.165, 1.54) is 250 Å². The molecule has 2 atom stereocenters. The Morgan fingerprint density at radius 2 is 0.800 bits per heavy atom. The molecule has 0 aliphatic carbocycles. The summed E-state index contributed by atoms with van der Waals surface area (Å²) in [5.41, 5.74) is 0. The van der Waals surface area contributed by atoms with E-state index in [1.807, 2.05) is 17.8 Å². The second-order valence-corrected chi connectivity index (χ2v) is 24.4. The Labute approximate surface area is 420 Å². The van der Waals surface area contributed by atoms with Gasteiger partial charge in [-0.15, -0.1) is 0 Å². The molecule has 1 rings (SSSR count). The molecule has 0 saturated heterocycles. The minimum absolute atomic E-state index is 0. The van der Waals surface area contributed by atoms with Crippen LogP contribution >= 0.6 is 0 Å². The molecule has 1 aromatic rings. The number of nitrogens with zero attached hydrogens (tertiary/aromatic N) is 2. The van der Waals surface area contributed by atoms with Gasteiger partial charge in [0, 0.05) is 0 Å². The molecule has 0 aliphatic heterocycles. The van der Waals surface area contributed by atoms with Crippen molar-refractivity contribution < 1.29 is 30.0 Å². The van der Waals surface area contributed by atoms with E-state index in [0.29, 0.717) is 18.1 Å². The number of aromatic nitrogens is 2. The number of unbranched alkanes of at least 4 members (excludes halogenated alkanes) is 31. The molecule has 0 saturated carbocycles. The fraction of sp³-hybridized carbons (Fsp3) is 0.949. The molecule has 388 valence electrons. The lowest BCUT2D eigenvalue weighted by Crippen LogP contribution is -3.00. The lowest BCUT2D eigenvalue weighted by Gasteiger charge is -2.21. The van der Waals surface area contributed by atoms with Gasteiger partial charge < -0.3 is 17.0 Å². The van der Waals surface area contributed by atoms with Gasteiger partial charge in [0.05, 0.1) is 24.6 Å². The highest BCUT2D eigenvalue weighted by Gasteiger charge is 2.26. The molecule has 6 heteroatoms. The number of hydrogen-bond donors (Lipinski definition) is 0. The standard InChI is InChI=1S/C59H117N2O2S.BrH/c1-7-9-11-13-15-17-19-21-23-25-27-29-31-33-35-37-45-58(46-38-36-34-32-30-28-26-24-22-20-18-16-14-12-10-8-2)47-39-40-48-59(50-49-57(5)44-41-43-56(3)4)64(62,63)54-42-51-61-53-52-60(6)55-61;/h52-53,55-59H,7-51,54H2,1-6H3;1H/q+1;/p-1. The van der Waals surface area contributed by atoms with Crippen LogP contribution in [0.25, 0.3) is 0 Å². The minimum atomic E-state index is -3.11. The van der Waals surface area contributed by atoms with Crippen molar-refractivity contribution in [2.24, 2.45) is 24.8 Å². The molecule has 0 radical (unpaired) electrons. The average Bonchev–Trinajstić information content (AvgIpc) is 3.69. The quantitative estimate of drug-likeness (QED) is 0.0482. The number of sulfone groups is 1. The summed E-state index contributed by atoms with van der Waals surface area (Å²) in [6.45, 7) is 12.4. The Morgan fingerprint density at radius 1 is 0.431 bits per heavy atom. The van der Waals surface area contributed by atoms with Gasteiger partial charge in [0.15, 0.2) is 9.84 Å². The first-order valence-corrected chi connectivity index (χ1v) is 31.1. The first kappa shape index (κ1) is 64.6. The highest BCUT2D eigenvalue weighted by Crippen LogP contribution is 2.28. The van der Waals surface area contributed by atoms with E-state index in [-0.39, 0.29) is 22.2 Å². The summed E-state index contributed by atoms with van der Waals surface area (Å²) in [6, 6.07) is 0. The maximum absolute atomic E-state index is 13.9. The molecule has 2 unspecified atom stereocenters. The fourth-order valence-corrected chi connectivity index (χ4v) is 12.3. The van der Waals surface area contributed by atoms with E-state index in [0.717, 1.165) is 44.1 Å². The van der Waals surface area contributed by atoms with Crippen LogP contribution in [0.15, 0.2) is 18.7 Å². The summed E-state index contributed by atoms with van der Waals surface area (Å²) in [6.07, 6.45) is 65.6. The Balaban J connectivity index is 0.0000410. The fourth-order valence-electron chi connectivity index (χ4n) is 10.4. The first-order chi connectivity index (χ1) is 31.2. The molecule has 65 heavy (non-hydrogen) atoms. The van der Waals surface area contributed by atoms with Gasteiger partial charge >= 0.3 is 0 Å². The van der Waals surface area contributed by atoms with Gasteiger partial charge in [0.1, 0.15) is 12.4 Å².